The summed E-state index contributed by atoms with van der Waals surface area (Å²) in [6.45, 7) is 10.2. The molecule has 0 bridgehead atoms. The van der Waals surface area contributed by atoms with Crippen LogP contribution in [0.1, 0.15) is 25.1 Å². The normalized spacial score (nSPS) is 10.5. The molecule has 2 aromatic rings. The number of aromatic nitrogens is 2. The van der Waals surface area contributed by atoms with Gasteiger partial charge in [-0.25, -0.2) is 4.68 Å². The van der Waals surface area contributed by atoms with E-state index < -0.39 is 0 Å². The van der Waals surface area contributed by atoms with Crippen LogP contribution in [0.3, 0.4) is 0 Å². The minimum Gasteiger partial charge on any atom is -0.242 e. The number of nitrogens with zero attached hydrogens (tertiary/aromatic N) is 2. The molecule has 0 N–H and O–H groups in total. The Morgan fingerprint density at radius 3 is 2.65 bits per heavy atom. The van der Waals surface area contributed by atoms with E-state index in [1.165, 1.54) is 16.8 Å². The molecule has 17 heavy (non-hydrogen) atoms. The second-order valence-corrected chi connectivity index (χ2v) is 4.39. The van der Waals surface area contributed by atoms with Crippen molar-refractivity contribution >= 4 is 5.70 Å². The fraction of sp³-hybridized carbons (Fsp3) is 0.267. The van der Waals surface area contributed by atoms with Gasteiger partial charge in [-0.2, -0.15) is 5.10 Å². The van der Waals surface area contributed by atoms with E-state index in [1.807, 2.05) is 11.6 Å². The second kappa shape index (κ2) is 4.58. The van der Waals surface area contributed by atoms with Crippen molar-refractivity contribution in [2.75, 3.05) is 0 Å². The average Bonchev–Trinajstić information content (AvgIpc) is 2.73. The molecule has 0 atom stereocenters. The van der Waals surface area contributed by atoms with Gasteiger partial charge in [0.25, 0.3) is 0 Å². The molecule has 0 saturated carbocycles. The molecule has 2 nitrogen and oxygen atoms in total. The summed E-state index contributed by atoms with van der Waals surface area (Å²) >= 11 is 0. The average molecular weight is 226 g/mol. The first-order valence-corrected chi connectivity index (χ1v) is 5.93. The van der Waals surface area contributed by atoms with Gasteiger partial charge in [-0.1, -0.05) is 37.3 Å². The van der Waals surface area contributed by atoms with Gasteiger partial charge < -0.3 is 0 Å². The Kier molecular flexibility index (Phi) is 3.14. The van der Waals surface area contributed by atoms with Crippen molar-refractivity contribution in [1.29, 1.82) is 0 Å². The smallest absolute Gasteiger partial charge is 0.0930 e. The molecule has 2 rings (SSSR count). The Morgan fingerprint density at radius 2 is 2.12 bits per heavy atom. The molecular formula is C15H18N2. The van der Waals surface area contributed by atoms with Crippen LogP contribution >= 0.6 is 0 Å². The van der Waals surface area contributed by atoms with Gasteiger partial charge in [-0.3, -0.25) is 0 Å². The number of benzene rings is 1. The summed E-state index contributed by atoms with van der Waals surface area (Å²) in [4.78, 5) is 0. The summed E-state index contributed by atoms with van der Waals surface area (Å²) in [5.74, 6) is 0. The van der Waals surface area contributed by atoms with Gasteiger partial charge in [-0.15, -0.1) is 0 Å². The van der Waals surface area contributed by atoms with Crippen molar-refractivity contribution in [2.45, 2.75) is 27.2 Å². The van der Waals surface area contributed by atoms with E-state index in [2.05, 4.69) is 55.9 Å². The number of aryl methyl sites for hydroxylation is 2. The summed E-state index contributed by atoms with van der Waals surface area (Å²) in [6, 6.07) is 10.6. The van der Waals surface area contributed by atoms with E-state index in [0.29, 0.717) is 0 Å². The lowest BCUT2D eigenvalue weighted by Gasteiger charge is -2.02. The quantitative estimate of drug-likeness (QED) is 0.775. The summed E-state index contributed by atoms with van der Waals surface area (Å²) in [6.07, 6.45) is 0.964. The lowest BCUT2D eigenvalue weighted by Crippen LogP contribution is -1.99. The van der Waals surface area contributed by atoms with E-state index in [4.69, 9.17) is 0 Å². The van der Waals surface area contributed by atoms with Crippen molar-refractivity contribution in [3.63, 3.8) is 0 Å². The molecule has 2 heteroatoms. The van der Waals surface area contributed by atoms with Crippen LogP contribution in [0.5, 0.6) is 0 Å². The van der Waals surface area contributed by atoms with Gasteiger partial charge in [0.1, 0.15) is 0 Å². The predicted octanol–water partition coefficient (Wildman–Crippen LogP) is 3.91. The summed E-state index contributed by atoms with van der Waals surface area (Å²) in [5, 5.41) is 4.61. The van der Waals surface area contributed by atoms with Crippen molar-refractivity contribution in [1.82, 2.24) is 9.78 Å². The topological polar surface area (TPSA) is 17.8 Å². The zero-order valence-corrected chi connectivity index (χ0v) is 10.7. The highest BCUT2D eigenvalue weighted by atomic mass is 15.3. The fourth-order valence-electron chi connectivity index (χ4n) is 1.95. The zero-order chi connectivity index (χ0) is 12.4. The zero-order valence-electron chi connectivity index (χ0n) is 10.7. The maximum absolute atomic E-state index is 4.61. The number of hydrogen-bond donors (Lipinski definition) is 0. The molecule has 1 aromatic heterocycles. The van der Waals surface area contributed by atoms with Crippen LogP contribution in [0.25, 0.3) is 17.0 Å². The van der Waals surface area contributed by atoms with Crippen molar-refractivity contribution < 1.29 is 0 Å². The third-order valence-electron chi connectivity index (χ3n) is 2.82. The van der Waals surface area contributed by atoms with Crippen LogP contribution in [0.2, 0.25) is 0 Å². The van der Waals surface area contributed by atoms with Gasteiger partial charge in [0, 0.05) is 17.0 Å². The lowest BCUT2D eigenvalue weighted by molar-refractivity contribution is 0.831. The number of allylic oxidation sites excluding steroid dienone is 1. The van der Waals surface area contributed by atoms with E-state index in [-0.39, 0.29) is 0 Å². The Hall–Kier alpha value is -1.83. The van der Waals surface area contributed by atoms with Crippen LogP contribution in [0, 0.1) is 6.92 Å². The Balaban J connectivity index is 2.50. The molecule has 88 valence electrons. The molecule has 0 aliphatic rings. The van der Waals surface area contributed by atoms with Gasteiger partial charge >= 0.3 is 0 Å². The van der Waals surface area contributed by atoms with E-state index in [1.54, 1.807) is 0 Å². The van der Waals surface area contributed by atoms with Crippen LogP contribution < -0.4 is 0 Å². The van der Waals surface area contributed by atoms with Crippen molar-refractivity contribution in [2.24, 2.45) is 0 Å². The number of hydrogen-bond acceptors (Lipinski definition) is 1. The van der Waals surface area contributed by atoms with Crippen LogP contribution in [-0.4, -0.2) is 9.78 Å². The first-order chi connectivity index (χ1) is 8.11. The Bertz CT molecular complexity index is 550. The molecule has 0 radical (unpaired) electrons. The molecule has 0 spiro atoms. The Labute approximate surface area is 103 Å². The maximum Gasteiger partial charge on any atom is 0.0930 e. The summed E-state index contributed by atoms with van der Waals surface area (Å²) in [5.41, 5.74) is 5.61. The molecule has 0 aliphatic heterocycles. The highest BCUT2D eigenvalue weighted by Gasteiger charge is 2.08. The van der Waals surface area contributed by atoms with E-state index >= 15 is 0 Å². The molecule has 1 aromatic carbocycles. The predicted molar refractivity (Wildman–Crippen MR) is 72.8 cm³/mol. The maximum atomic E-state index is 4.61. The van der Waals surface area contributed by atoms with Crippen LogP contribution in [0.15, 0.2) is 36.9 Å². The largest absolute Gasteiger partial charge is 0.242 e. The first kappa shape index (κ1) is 11.6. The van der Waals surface area contributed by atoms with Crippen LogP contribution in [0.4, 0.5) is 0 Å². The lowest BCUT2D eigenvalue weighted by atomic mass is 10.1. The van der Waals surface area contributed by atoms with E-state index in [9.17, 15) is 0 Å². The highest BCUT2D eigenvalue weighted by molar-refractivity contribution is 5.61. The third kappa shape index (κ3) is 2.31. The monoisotopic (exact) mass is 226 g/mol. The third-order valence-corrected chi connectivity index (χ3v) is 2.82. The fourth-order valence-corrected chi connectivity index (χ4v) is 1.95. The van der Waals surface area contributed by atoms with Crippen LogP contribution in [-0.2, 0) is 6.42 Å². The second-order valence-electron chi connectivity index (χ2n) is 4.39. The molecule has 0 saturated heterocycles. The highest BCUT2D eigenvalue weighted by Crippen LogP contribution is 2.22. The van der Waals surface area contributed by atoms with Gasteiger partial charge in [0.05, 0.1) is 5.69 Å². The van der Waals surface area contributed by atoms with Gasteiger partial charge in [-0.05, 0) is 32.4 Å². The molecular weight excluding hydrogens is 208 g/mol. The summed E-state index contributed by atoms with van der Waals surface area (Å²) in [7, 11) is 0. The number of rotatable bonds is 3. The van der Waals surface area contributed by atoms with Crippen molar-refractivity contribution in [3.8, 4) is 11.3 Å². The molecule has 0 fully saturated rings. The Morgan fingerprint density at radius 1 is 1.35 bits per heavy atom. The van der Waals surface area contributed by atoms with Gasteiger partial charge in [0.15, 0.2) is 0 Å². The molecule has 0 amide bonds. The summed E-state index contributed by atoms with van der Waals surface area (Å²) < 4.78 is 1.93. The minimum atomic E-state index is 0.959. The first-order valence-electron chi connectivity index (χ1n) is 5.93. The van der Waals surface area contributed by atoms with E-state index in [0.717, 1.165) is 17.8 Å². The standard InChI is InChI=1S/C15H18N2/c1-5-14-10-15(16-17(14)11(2)3)13-8-6-7-12(4)9-13/h6-10H,2,5H2,1,3-4H3. The molecule has 0 unspecified atom stereocenters. The van der Waals surface area contributed by atoms with Gasteiger partial charge in [0.2, 0.25) is 0 Å². The SMILES string of the molecule is C=C(C)n1nc(-c2cccc(C)c2)cc1CC. The van der Waals surface area contributed by atoms with Crippen molar-refractivity contribution in [3.05, 3.63) is 48.2 Å². The minimum absolute atomic E-state index is 0.959. The molecule has 1 heterocycles. The molecule has 0 aliphatic carbocycles.